The number of amides is 1. The van der Waals surface area contributed by atoms with Crippen LogP contribution in [0.2, 0.25) is 0 Å². The molecule has 0 heterocycles. The van der Waals surface area contributed by atoms with Gasteiger partial charge in [0.1, 0.15) is 5.54 Å². The molecule has 7 nitrogen and oxygen atoms in total. The quantitative estimate of drug-likeness (QED) is 0.655. The summed E-state index contributed by atoms with van der Waals surface area (Å²) < 4.78 is 26.5. The lowest BCUT2D eigenvalue weighted by Gasteiger charge is -2.23. The van der Waals surface area contributed by atoms with Crippen LogP contribution in [0.5, 0.6) is 0 Å². The fourth-order valence-electron chi connectivity index (χ4n) is 3.56. The zero-order valence-corrected chi connectivity index (χ0v) is 17.7. The molecular formula is C20H30N4O3S. The maximum atomic E-state index is 12.5. The Kier molecular flexibility index (Phi) is 7.58. The molecule has 1 atom stereocenters. The zero-order valence-electron chi connectivity index (χ0n) is 16.9. The Labute approximate surface area is 168 Å². The summed E-state index contributed by atoms with van der Waals surface area (Å²) in [7, 11) is -3.47. The smallest absolute Gasteiger partial charge is 0.243 e. The molecule has 0 saturated heterocycles. The first kappa shape index (κ1) is 22.3. The van der Waals surface area contributed by atoms with Crippen molar-refractivity contribution in [2.24, 2.45) is 0 Å². The molecule has 8 heteroatoms. The van der Waals surface area contributed by atoms with Crippen LogP contribution in [0.4, 0.5) is 0 Å². The first-order valence-corrected chi connectivity index (χ1v) is 11.3. The molecule has 28 heavy (non-hydrogen) atoms. The third-order valence-corrected chi connectivity index (χ3v) is 7.41. The predicted octanol–water partition coefficient (Wildman–Crippen LogP) is 2.32. The Hall–Kier alpha value is -1.95. The third kappa shape index (κ3) is 5.10. The van der Waals surface area contributed by atoms with Crippen molar-refractivity contribution in [2.45, 2.75) is 62.9 Å². The number of benzene rings is 1. The van der Waals surface area contributed by atoms with E-state index in [2.05, 4.69) is 16.7 Å². The lowest BCUT2D eigenvalue weighted by molar-refractivity contribution is -0.121. The first-order chi connectivity index (χ1) is 13.3. The molecule has 1 amide bonds. The van der Waals surface area contributed by atoms with E-state index in [1.165, 1.54) is 4.31 Å². The summed E-state index contributed by atoms with van der Waals surface area (Å²) in [4.78, 5) is 12.5. The van der Waals surface area contributed by atoms with E-state index in [0.717, 1.165) is 18.4 Å². The highest BCUT2D eigenvalue weighted by Crippen LogP contribution is 2.28. The van der Waals surface area contributed by atoms with E-state index in [0.29, 0.717) is 25.9 Å². The summed E-state index contributed by atoms with van der Waals surface area (Å²) in [6.45, 7) is 6.50. The number of rotatable bonds is 9. The van der Waals surface area contributed by atoms with Gasteiger partial charge in [0.2, 0.25) is 15.9 Å². The van der Waals surface area contributed by atoms with Crippen LogP contribution >= 0.6 is 0 Å². The van der Waals surface area contributed by atoms with Gasteiger partial charge in [-0.2, -0.15) is 9.57 Å². The van der Waals surface area contributed by atoms with Crippen molar-refractivity contribution >= 4 is 15.9 Å². The van der Waals surface area contributed by atoms with Crippen LogP contribution in [0.15, 0.2) is 29.2 Å². The number of nitrogens with zero attached hydrogens (tertiary/aromatic N) is 2. The maximum absolute atomic E-state index is 12.5. The molecule has 154 valence electrons. The molecule has 0 radical (unpaired) electrons. The van der Waals surface area contributed by atoms with Crippen molar-refractivity contribution in [1.82, 2.24) is 14.9 Å². The second-order valence-electron chi connectivity index (χ2n) is 7.21. The zero-order chi connectivity index (χ0) is 20.8. The van der Waals surface area contributed by atoms with Crippen LogP contribution in [0.25, 0.3) is 0 Å². The molecule has 2 N–H and O–H groups in total. The number of hydrogen-bond acceptors (Lipinski definition) is 5. The standard InChI is InChI=1S/C20H30N4O3S/c1-4-24(5-2)28(26,27)18-10-8-17(9-11-18)16(3)22-14-19(25)23-20(15-21)12-6-7-13-20/h8-11,16,22H,4-7,12-14H2,1-3H3,(H,23,25)/t16-/m0/s1. The van der Waals surface area contributed by atoms with Gasteiger partial charge in [-0.1, -0.05) is 26.0 Å². The molecule has 1 aromatic rings. The summed E-state index contributed by atoms with van der Waals surface area (Å²) in [5.74, 6) is -0.198. The molecule has 1 aliphatic rings. The molecule has 0 spiro atoms. The lowest BCUT2D eigenvalue weighted by Crippen LogP contribution is -2.48. The van der Waals surface area contributed by atoms with E-state index in [4.69, 9.17) is 0 Å². The molecule has 1 fully saturated rings. The fourth-order valence-corrected chi connectivity index (χ4v) is 5.02. The average Bonchev–Trinajstić information content (AvgIpc) is 3.16. The molecule has 0 aliphatic heterocycles. The van der Waals surface area contributed by atoms with Gasteiger partial charge in [0.15, 0.2) is 0 Å². The van der Waals surface area contributed by atoms with Crippen LogP contribution in [-0.4, -0.2) is 43.8 Å². The normalized spacial score (nSPS) is 17.2. The van der Waals surface area contributed by atoms with E-state index in [-0.39, 0.29) is 23.4 Å². The van der Waals surface area contributed by atoms with Crippen molar-refractivity contribution in [2.75, 3.05) is 19.6 Å². The highest BCUT2D eigenvalue weighted by atomic mass is 32.2. The number of sulfonamides is 1. The van der Waals surface area contributed by atoms with E-state index in [1.54, 1.807) is 24.3 Å². The van der Waals surface area contributed by atoms with Gasteiger partial charge in [-0.05, 0) is 50.3 Å². The first-order valence-electron chi connectivity index (χ1n) is 9.83. The topological polar surface area (TPSA) is 102 Å². The van der Waals surface area contributed by atoms with Gasteiger partial charge < -0.3 is 10.6 Å². The summed E-state index contributed by atoms with van der Waals surface area (Å²) in [5.41, 5.74) is 0.171. The van der Waals surface area contributed by atoms with E-state index in [9.17, 15) is 18.5 Å². The Morgan fingerprint density at radius 1 is 1.21 bits per heavy atom. The second-order valence-corrected chi connectivity index (χ2v) is 9.15. The summed E-state index contributed by atoms with van der Waals surface area (Å²) in [6.07, 6.45) is 3.32. The summed E-state index contributed by atoms with van der Waals surface area (Å²) >= 11 is 0. The highest BCUT2D eigenvalue weighted by molar-refractivity contribution is 7.89. The minimum atomic E-state index is -3.47. The lowest BCUT2D eigenvalue weighted by atomic mass is 10.00. The van der Waals surface area contributed by atoms with Gasteiger partial charge in [0, 0.05) is 19.1 Å². The molecule has 0 unspecified atom stereocenters. The van der Waals surface area contributed by atoms with Crippen molar-refractivity contribution in [3.8, 4) is 6.07 Å². The fraction of sp³-hybridized carbons (Fsp3) is 0.600. The minimum absolute atomic E-state index is 0.101. The van der Waals surface area contributed by atoms with Crippen LogP contribution in [0, 0.1) is 11.3 Å². The number of carbonyl (C=O) groups excluding carboxylic acids is 1. The molecule has 2 rings (SSSR count). The van der Waals surface area contributed by atoms with Crippen LogP contribution in [-0.2, 0) is 14.8 Å². The largest absolute Gasteiger partial charge is 0.337 e. The molecule has 0 bridgehead atoms. The number of carbonyl (C=O) groups is 1. The molecule has 1 aliphatic carbocycles. The third-order valence-electron chi connectivity index (χ3n) is 5.34. The van der Waals surface area contributed by atoms with E-state index < -0.39 is 15.6 Å². The van der Waals surface area contributed by atoms with Crippen LogP contribution in [0.1, 0.15) is 58.1 Å². The summed E-state index contributed by atoms with van der Waals surface area (Å²) in [5, 5.41) is 15.3. The minimum Gasteiger partial charge on any atom is -0.337 e. The molecule has 1 aromatic carbocycles. The van der Waals surface area contributed by atoms with Crippen molar-refractivity contribution in [3.63, 3.8) is 0 Å². The Balaban J connectivity index is 1.95. The van der Waals surface area contributed by atoms with Crippen LogP contribution < -0.4 is 10.6 Å². The molecular weight excluding hydrogens is 376 g/mol. The van der Waals surface area contributed by atoms with Crippen molar-refractivity contribution in [1.29, 1.82) is 5.26 Å². The van der Waals surface area contributed by atoms with Gasteiger partial charge in [-0.3, -0.25) is 4.79 Å². The van der Waals surface area contributed by atoms with Crippen LogP contribution in [0.3, 0.4) is 0 Å². The van der Waals surface area contributed by atoms with Gasteiger partial charge in [-0.15, -0.1) is 0 Å². The van der Waals surface area contributed by atoms with Gasteiger partial charge >= 0.3 is 0 Å². The Morgan fingerprint density at radius 3 is 2.29 bits per heavy atom. The summed E-state index contributed by atoms with van der Waals surface area (Å²) in [6, 6.07) is 8.85. The van der Waals surface area contributed by atoms with Crippen molar-refractivity contribution < 1.29 is 13.2 Å². The van der Waals surface area contributed by atoms with E-state index in [1.807, 2.05) is 20.8 Å². The van der Waals surface area contributed by atoms with Crippen molar-refractivity contribution in [3.05, 3.63) is 29.8 Å². The number of nitrogens with one attached hydrogen (secondary N) is 2. The van der Waals surface area contributed by atoms with Gasteiger partial charge in [0.25, 0.3) is 0 Å². The second kappa shape index (κ2) is 9.50. The number of hydrogen-bond donors (Lipinski definition) is 2. The molecule has 1 saturated carbocycles. The Bertz CT molecular complexity index is 805. The number of nitriles is 1. The SMILES string of the molecule is CCN(CC)S(=O)(=O)c1ccc([C@H](C)NCC(=O)NC2(C#N)CCCC2)cc1. The average molecular weight is 407 g/mol. The highest BCUT2D eigenvalue weighted by Gasteiger charge is 2.35. The predicted molar refractivity (Wildman–Crippen MR) is 108 cm³/mol. The maximum Gasteiger partial charge on any atom is 0.243 e. The molecule has 0 aromatic heterocycles. The van der Waals surface area contributed by atoms with E-state index >= 15 is 0 Å². The Morgan fingerprint density at radius 2 is 1.79 bits per heavy atom. The van der Waals surface area contributed by atoms with Gasteiger partial charge in [0.05, 0.1) is 17.5 Å². The van der Waals surface area contributed by atoms with Gasteiger partial charge in [-0.25, -0.2) is 8.42 Å². The monoisotopic (exact) mass is 406 g/mol.